The largest absolute Gasteiger partial charge is 1.00 e. The molecule has 1 N–H and O–H groups in total. The Labute approximate surface area is 267 Å². The van der Waals surface area contributed by atoms with E-state index in [1.165, 1.54) is 0 Å². The first-order valence-corrected chi connectivity index (χ1v) is 14.3. The van der Waals surface area contributed by atoms with Crippen molar-refractivity contribution in [1.29, 1.82) is 0 Å². The summed E-state index contributed by atoms with van der Waals surface area (Å²) in [5.41, 5.74) is -1.16. The number of esters is 3. The molecule has 11 heteroatoms. The number of halogens is 1. The molecular formula is C27H46BINaO8. The van der Waals surface area contributed by atoms with Crippen LogP contribution in [0.5, 0.6) is 0 Å². The Hall–Kier alpha value is -0.165. The van der Waals surface area contributed by atoms with E-state index in [1.54, 1.807) is 20.8 Å². The predicted molar refractivity (Wildman–Crippen MR) is 151 cm³/mol. The van der Waals surface area contributed by atoms with Crippen molar-refractivity contribution in [2.45, 2.75) is 109 Å². The molecule has 3 fully saturated rings. The number of aliphatic hydroxyl groups is 1. The Kier molecular flexibility index (Phi) is 19.3. The second-order valence-corrected chi connectivity index (χ2v) is 12.6. The van der Waals surface area contributed by atoms with Crippen molar-refractivity contribution in [3.8, 4) is 0 Å². The first-order valence-electron chi connectivity index (χ1n) is 13.1. The predicted octanol–water partition coefficient (Wildman–Crippen LogP) is 1.69. The number of ether oxygens (including phenoxy) is 3. The van der Waals surface area contributed by atoms with E-state index < -0.39 is 10.8 Å². The number of hydrogen-bond acceptors (Lipinski definition) is 8. The molecule has 213 valence electrons. The fraction of sp³-hybridized carbons (Fsp3) is 0.852. The van der Waals surface area contributed by atoms with Gasteiger partial charge in [-0.15, -0.1) is 0 Å². The van der Waals surface area contributed by atoms with Crippen molar-refractivity contribution in [3.63, 3.8) is 0 Å². The summed E-state index contributed by atoms with van der Waals surface area (Å²) in [7, 11) is 0. The Bertz CT molecular complexity index is 751. The number of carbonyl (C=O) groups excluding carboxylic acids is 4. The minimum Gasteiger partial charge on any atom is -1.00 e. The van der Waals surface area contributed by atoms with E-state index in [0.29, 0.717) is 49.4 Å². The van der Waals surface area contributed by atoms with Gasteiger partial charge in [-0.3, -0.25) is 19.2 Å². The van der Waals surface area contributed by atoms with Crippen molar-refractivity contribution in [1.82, 2.24) is 0 Å². The van der Waals surface area contributed by atoms with Crippen LogP contribution in [0.2, 0.25) is 0 Å². The second kappa shape index (κ2) is 18.3. The Morgan fingerprint density at radius 1 is 0.842 bits per heavy atom. The molecule has 0 aromatic rings. The first-order chi connectivity index (χ1) is 16.7. The van der Waals surface area contributed by atoms with Crippen molar-refractivity contribution in [2.24, 2.45) is 16.2 Å². The molecule has 3 radical (unpaired) electrons. The molecule has 0 saturated heterocycles. The van der Waals surface area contributed by atoms with Crippen LogP contribution < -0.4 is 29.6 Å². The minimum atomic E-state index is -0.535. The monoisotopic (exact) mass is 659 g/mol. The summed E-state index contributed by atoms with van der Waals surface area (Å²) in [6, 6.07) is 0. The fourth-order valence-electron chi connectivity index (χ4n) is 4.87. The number of alkyl halides is 1. The van der Waals surface area contributed by atoms with Crippen LogP contribution in [0.25, 0.3) is 0 Å². The zero-order valence-corrected chi connectivity index (χ0v) is 28.6. The van der Waals surface area contributed by atoms with Crippen LogP contribution in [0.1, 0.15) is 101 Å². The number of hydrogen-bond donors (Lipinski definition) is 1. The average molecular weight is 659 g/mol. The molecule has 3 aliphatic carbocycles. The van der Waals surface area contributed by atoms with Gasteiger partial charge in [0.25, 0.3) is 0 Å². The maximum Gasteiger partial charge on any atom is 1.00 e. The SMILES string of the molecule is CCOC(=O)C1(C)CCC(=O)C1.CCOC(=O)C1(C)CCC(I)C1.CCOC(=O)C1(C)CCC(O)C1.[B].[H-].[Na+]. The molecule has 3 aliphatic rings. The average Bonchev–Trinajstić information content (AvgIpc) is 3.47. The van der Waals surface area contributed by atoms with Crippen LogP contribution >= 0.6 is 22.6 Å². The molecule has 0 amide bonds. The van der Waals surface area contributed by atoms with E-state index in [-0.39, 0.29) is 74.6 Å². The summed E-state index contributed by atoms with van der Waals surface area (Å²) < 4.78 is 15.5. The van der Waals surface area contributed by atoms with E-state index >= 15 is 0 Å². The van der Waals surface area contributed by atoms with E-state index in [0.717, 1.165) is 32.1 Å². The van der Waals surface area contributed by atoms with E-state index in [4.69, 9.17) is 14.2 Å². The standard InChI is InChI=1S/C9H15IO2.C9H16O3.C9H14O3.B.Na.H/c3*1-3-12-8(11)9(2)5-4-7(10)6-9;;;/h7H,3-6H2,1-2H3;7,10H,3-6H2,1-2H3;3-6H2,1-2H3;;;/q;;;;+1;-1. The molecule has 3 saturated carbocycles. The van der Waals surface area contributed by atoms with Gasteiger partial charge in [-0.2, -0.15) is 0 Å². The maximum atomic E-state index is 11.5. The summed E-state index contributed by atoms with van der Waals surface area (Å²) in [4.78, 5) is 45.2. The van der Waals surface area contributed by atoms with Crippen molar-refractivity contribution in [2.75, 3.05) is 19.8 Å². The van der Waals surface area contributed by atoms with Gasteiger partial charge in [0.2, 0.25) is 0 Å². The number of rotatable bonds is 6. The van der Waals surface area contributed by atoms with E-state index in [1.807, 2.05) is 20.8 Å². The van der Waals surface area contributed by atoms with Gasteiger partial charge in [0.15, 0.2) is 0 Å². The minimum absolute atomic E-state index is 0. The van der Waals surface area contributed by atoms with Crippen LogP contribution in [-0.2, 0) is 33.4 Å². The van der Waals surface area contributed by atoms with E-state index in [9.17, 15) is 24.3 Å². The van der Waals surface area contributed by atoms with Crippen molar-refractivity contribution < 1.29 is 69.5 Å². The molecular weight excluding hydrogens is 613 g/mol. The molecule has 5 atom stereocenters. The van der Waals surface area contributed by atoms with Crippen LogP contribution in [0.4, 0.5) is 0 Å². The van der Waals surface area contributed by atoms with Crippen LogP contribution in [0.15, 0.2) is 0 Å². The maximum absolute atomic E-state index is 11.5. The molecule has 3 rings (SSSR count). The molecule has 0 aromatic heterocycles. The topological polar surface area (TPSA) is 116 Å². The van der Waals surface area contributed by atoms with Gasteiger partial charge in [-0.1, -0.05) is 22.6 Å². The van der Waals surface area contributed by atoms with Gasteiger partial charge in [-0.05, 0) is 86.5 Å². The van der Waals surface area contributed by atoms with Gasteiger partial charge in [0.1, 0.15) is 5.78 Å². The number of Topliss-reactive ketones (excluding diaryl/α,β-unsaturated/α-hetero) is 1. The third kappa shape index (κ3) is 12.1. The quantitative estimate of drug-likeness (QED) is 0.151. The molecule has 38 heavy (non-hydrogen) atoms. The van der Waals surface area contributed by atoms with Gasteiger partial charge >= 0.3 is 47.5 Å². The Balaban J connectivity index is -0.000000480. The third-order valence-electron chi connectivity index (χ3n) is 7.24. The molecule has 0 heterocycles. The van der Waals surface area contributed by atoms with Gasteiger partial charge in [0, 0.05) is 25.2 Å². The third-order valence-corrected chi connectivity index (χ3v) is 8.31. The zero-order valence-electron chi connectivity index (χ0n) is 25.4. The summed E-state index contributed by atoms with van der Waals surface area (Å²) in [6.45, 7) is 12.4. The molecule has 0 aliphatic heterocycles. The van der Waals surface area contributed by atoms with Crippen LogP contribution in [-0.4, -0.2) is 67.1 Å². The fourth-order valence-corrected chi connectivity index (χ4v) is 6.15. The Morgan fingerprint density at radius 2 is 1.26 bits per heavy atom. The second-order valence-electron chi connectivity index (χ2n) is 10.8. The van der Waals surface area contributed by atoms with Crippen LogP contribution in [0.3, 0.4) is 0 Å². The van der Waals surface area contributed by atoms with Crippen molar-refractivity contribution >= 4 is 54.7 Å². The molecule has 0 bridgehead atoms. The van der Waals surface area contributed by atoms with Crippen LogP contribution in [0, 0.1) is 16.2 Å². The van der Waals surface area contributed by atoms with E-state index in [2.05, 4.69) is 22.6 Å². The Morgan fingerprint density at radius 3 is 1.58 bits per heavy atom. The summed E-state index contributed by atoms with van der Waals surface area (Å²) in [5.74, 6) is -0.230. The smallest absolute Gasteiger partial charge is 1.00 e. The summed E-state index contributed by atoms with van der Waals surface area (Å²) in [5, 5.41) is 9.27. The first kappa shape index (κ1) is 40.0. The van der Waals surface area contributed by atoms with Crippen molar-refractivity contribution in [3.05, 3.63) is 0 Å². The molecule has 0 aromatic carbocycles. The van der Waals surface area contributed by atoms with Gasteiger partial charge in [-0.25, -0.2) is 0 Å². The van der Waals surface area contributed by atoms with Gasteiger partial charge < -0.3 is 20.7 Å². The number of carbonyl (C=O) groups is 4. The summed E-state index contributed by atoms with van der Waals surface area (Å²) >= 11 is 2.41. The normalized spacial score (nSPS) is 31.3. The summed E-state index contributed by atoms with van der Waals surface area (Å²) in [6.07, 6.45) is 6.32. The molecule has 0 spiro atoms. The number of aliphatic hydroxyl groups excluding tert-OH is 1. The molecule has 8 nitrogen and oxygen atoms in total. The number of ketones is 1. The molecule has 5 unspecified atom stereocenters. The van der Waals surface area contributed by atoms with Gasteiger partial charge in [0.05, 0.1) is 42.2 Å². The zero-order chi connectivity index (χ0) is 27.6.